The van der Waals surface area contributed by atoms with E-state index in [0.29, 0.717) is 66.6 Å². The molecule has 0 unspecified atom stereocenters. The summed E-state index contributed by atoms with van der Waals surface area (Å²) in [4.78, 5) is 25.3. The number of benzene rings is 1. The van der Waals surface area contributed by atoms with E-state index >= 15 is 4.39 Å². The van der Waals surface area contributed by atoms with E-state index in [9.17, 15) is 4.79 Å². The van der Waals surface area contributed by atoms with Crippen LogP contribution in [-0.2, 0) is 15.1 Å². The van der Waals surface area contributed by atoms with Crippen LogP contribution >= 0.6 is 0 Å². The van der Waals surface area contributed by atoms with Crippen LogP contribution in [0.2, 0.25) is 0 Å². The number of methoxy groups -OCH3 is 1. The van der Waals surface area contributed by atoms with Crippen molar-refractivity contribution in [2.75, 3.05) is 32.2 Å². The summed E-state index contributed by atoms with van der Waals surface area (Å²) in [5.41, 5.74) is 7.77. The molecule has 0 fully saturated rings. The molecule has 3 aromatic rings. The van der Waals surface area contributed by atoms with Crippen molar-refractivity contribution in [1.29, 1.82) is 0 Å². The maximum atomic E-state index is 15.4. The van der Waals surface area contributed by atoms with E-state index in [1.54, 1.807) is 36.4 Å². The average Bonchev–Trinajstić information content (AvgIpc) is 2.94. The minimum absolute atomic E-state index is 0.0223. The van der Waals surface area contributed by atoms with Crippen LogP contribution in [0.15, 0.2) is 53.7 Å². The molecule has 3 N–H and O–H groups in total. The van der Waals surface area contributed by atoms with Crippen molar-refractivity contribution < 1.29 is 28.1 Å². The third-order valence-corrected chi connectivity index (χ3v) is 6.71. The number of aromatic nitrogens is 2. The van der Waals surface area contributed by atoms with E-state index in [4.69, 9.17) is 24.7 Å². The highest BCUT2D eigenvalue weighted by Gasteiger charge is 2.48. The van der Waals surface area contributed by atoms with Gasteiger partial charge in [-0.2, -0.15) is 4.39 Å². The number of ether oxygens (including phenoxy) is 4. The molecule has 10 nitrogen and oxygen atoms in total. The summed E-state index contributed by atoms with van der Waals surface area (Å²) in [6.45, 7) is 1.28. The third kappa shape index (κ3) is 4.10. The number of fused-ring (bicyclic) bond motifs is 4. The molecule has 0 saturated carbocycles. The summed E-state index contributed by atoms with van der Waals surface area (Å²) in [5, 5.41) is 2.85. The molecule has 1 aromatic carbocycles. The molecule has 194 valence electrons. The van der Waals surface area contributed by atoms with Gasteiger partial charge in [0.15, 0.2) is 11.4 Å². The lowest BCUT2D eigenvalue weighted by atomic mass is 9.79. The van der Waals surface area contributed by atoms with E-state index in [2.05, 4.69) is 20.3 Å². The Morgan fingerprint density at radius 1 is 1.21 bits per heavy atom. The summed E-state index contributed by atoms with van der Waals surface area (Å²) in [6.07, 6.45) is 4.53. The molecule has 2 aromatic heterocycles. The Labute approximate surface area is 217 Å². The number of amidine groups is 1. The van der Waals surface area contributed by atoms with Gasteiger partial charge in [0.1, 0.15) is 17.2 Å². The third-order valence-electron chi connectivity index (χ3n) is 6.71. The van der Waals surface area contributed by atoms with Crippen molar-refractivity contribution in [2.24, 2.45) is 10.7 Å². The fraction of sp³-hybridized carbons (Fsp3) is 0.259. The van der Waals surface area contributed by atoms with Gasteiger partial charge in [-0.05, 0) is 48.4 Å². The van der Waals surface area contributed by atoms with Gasteiger partial charge in [-0.1, -0.05) is 6.08 Å². The predicted molar refractivity (Wildman–Crippen MR) is 136 cm³/mol. The first-order valence-corrected chi connectivity index (χ1v) is 12.1. The lowest BCUT2D eigenvalue weighted by molar-refractivity contribution is 0.0623. The number of pyridine rings is 2. The van der Waals surface area contributed by atoms with Crippen LogP contribution in [0.4, 0.5) is 10.1 Å². The van der Waals surface area contributed by atoms with Gasteiger partial charge in [0.05, 0.1) is 32.2 Å². The Hall–Kier alpha value is -4.51. The molecule has 0 bridgehead atoms. The molecular weight excluding hydrogens is 493 g/mol. The number of hydrogen-bond donors (Lipinski definition) is 2. The maximum Gasteiger partial charge on any atom is 0.283 e. The largest absolute Gasteiger partial charge is 0.495 e. The second-order valence-corrected chi connectivity index (χ2v) is 9.00. The van der Waals surface area contributed by atoms with Crippen LogP contribution < -0.4 is 20.5 Å². The number of nitrogens with two attached hydrogens (primary N) is 1. The van der Waals surface area contributed by atoms with Gasteiger partial charge in [0.2, 0.25) is 0 Å². The molecule has 1 amide bonds. The summed E-state index contributed by atoms with van der Waals surface area (Å²) in [5.74, 6) is -0.305. The number of hydrogen-bond acceptors (Lipinski definition) is 9. The first kappa shape index (κ1) is 23.9. The average molecular weight is 518 g/mol. The van der Waals surface area contributed by atoms with Crippen molar-refractivity contribution in [3.05, 3.63) is 77.1 Å². The van der Waals surface area contributed by atoms with E-state index in [1.165, 1.54) is 13.3 Å². The number of amides is 1. The van der Waals surface area contributed by atoms with Crippen LogP contribution in [0.25, 0.3) is 5.57 Å². The molecule has 5 heterocycles. The van der Waals surface area contributed by atoms with Gasteiger partial charge < -0.3 is 30.0 Å². The first-order valence-electron chi connectivity index (χ1n) is 12.1. The van der Waals surface area contributed by atoms with Crippen LogP contribution in [0.1, 0.15) is 40.2 Å². The number of nitrogens with zero attached hydrogens (tertiary/aromatic N) is 3. The normalized spacial score (nSPS) is 19.7. The molecule has 6 rings (SSSR count). The van der Waals surface area contributed by atoms with Gasteiger partial charge in [0, 0.05) is 29.8 Å². The molecule has 11 heteroatoms. The molecule has 0 saturated heterocycles. The number of anilines is 1. The minimum Gasteiger partial charge on any atom is -0.495 e. The van der Waals surface area contributed by atoms with Crippen molar-refractivity contribution in [3.63, 3.8) is 0 Å². The van der Waals surface area contributed by atoms with Crippen LogP contribution in [0.5, 0.6) is 17.2 Å². The standard InChI is InChI=1S/C27H24FN5O5/c1-35-17-5-6-20(31-13-17)25(34)32-16-4-7-22-18(11-16)27(8-9-30-26(29)38-27)19-12-21(15-3-2-10-36-14-15)33-24(28)23(19)37-22/h3-7,11-13H,2,8-10,14H2,1H3,(H2,29,30)(H,32,34)/t27-/m0/s1. The Kier molecular flexibility index (Phi) is 5.91. The highest BCUT2D eigenvalue weighted by Crippen LogP contribution is 2.53. The summed E-state index contributed by atoms with van der Waals surface area (Å²) < 4.78 is 38.3. The number of carbonyl (C=O) groups is 1. The second-order valence-electron chi connectivity index (χ2n) is 9.00. The number of aliphatic imine (C=N–C) groups is 1. The lowest BCUT2D eigenvalue weighted by Gasteiger charge is -2.41. The first-order chi connectivity index (χ1) is 18.5. The zero-order valence-electron chi connectivity index (χ0n) is 20.5. The molecular formula is C27H24FN5O5. The fourth-order valence-corrected chi connectivity index (χ4v) is 4.86. The van der Waals surface area contributed by atoms with Crippen molar-refractivity contribution >= 4 is 23.2 Å². The number of nitrogens with one attached hydrogen (secondary N) is 1. The minimum atomic E-state index is -1.21. The molecule has 1 spiro atoms. The lowest BCUT2D eigenvalue weighted by Crippen LogP contribution is -2.43. The van der Waals surface area contributed by atoms with Crippen LogP contribution in [0, 0.1) is 5.95 Å². The van der Waals surface area contributed by atoms with E-state index < -0.39 is 17.5 Å². The second kappa shape index (κ2) is 9.42. The molecule has 0 radical (unpaired) electrons. The Morgan fingerprint density at radius 3 is 2.84 bits per heavy atom. The zero-order valence-corrected chi connectivity index (χ0v) is 20.5. The van der Waals surface area contributed by atoms with Gasteiger partial charge >= 0.3 is 0 Å². The van der Waals surface area contributed by atoms with E-state index in [0.717, 1.165) is 5.57 Å². The van der Waals surface area contributed by atoms with E-state index in [-0.39, 0.29) is 17.5 Å². The number of halogens is 1. The summed E-state index contributed by atoms with van der Waals surface area (Å²) in [6, 6.07) is 9.99. The van der Waals surface area contributed by atoms with Gasteiger partial charge in [-0.25, -0.2) is 15.0 Å². The molecule has 1 atom stereocenters. The van der Waals surface area contributed by atoms with Crippen molar-refractivity contribution in [1.82, 2.24) is 9.97 Å². The van der Waals surface area contributed by atoms with Crippen molar-refractivity contribution in [2.45, 2.75) is 18.4 Å². The number of rotatable bonds is 4. The van der Waals surface area contributed by atoms with Crippen LogP contribution in [0.3, 0.4) is 0 Å². The SMILES string of the molecule is COc1ccc(C(=O)Nc2ccc3c(c2)[C@@]2(CCN=C(N)O2)c2cc(C4=CCCOC4)nc(F)c2O3)nc1. The fourth-order valence-electron chi connectivity index (χ4n) is 4.86. The Balaban J connectivity index is 1.42. The van der Waals surface area contributed by atoms with Crippen molar-refractivity contribution in [3.8, 4) is 17.2 Å². The Morgan fingerprint density at radius 2 is 2.11 bits per heavy atom. The maximum absolute atomic E-state index is 15.4. The van der Waals surface area contributed by atoms with Gasteiger partial charge in [-0.3, -0.25) is 4.79 Å². The summed E-state index contributed by atoms with van der Waals surface area (Å²) in [7, 11) is 1.52. The van der Waals surface area contributed by atoms with Gasteiger partial charge in [0.25, 0.3) is 17.9 Å². The Bertz CT molecular complexity index is 1490. The molecule has 0 aliphatic carbocycles. The predicted octanol–water partition coefficient (Wildman–Crippen LogP) is 3.76. The van der Waals surface area contributed by atoms with Crippen LogP contribution in [-0.4, -0.2) is 48.8 Å². The highest BCUT2D eigenvalue weighted by atomic mass is 19.1. The topological polar surface area (TPSA) is 130 Å². The number of carbonyl (C=O) groups excluding carboxylic acids is 1. The zero-order chi connectivity index (χ0) is 26.3. The quantitative estimate of drug-likeness (QED) is 0.501. The molecule has 38 heavy (non-hydrogen) atoms. The highest BCUT2D eigenvalue weighted by molar-refractivity contribution is 6.03. The van der Waals surface area contributed by atoms with E-state index in [1.807, 2.05) is 6.08 Å². The molecule has 3 aliphatic heterocycles. The molecule has 3 aliphatic rings. The monoisotopic (exact) mass is 517 g/mol. The van der Waals surface area contributed by atoms with Gasteiger partial charge in [-0.15, -0.1) is 0 Å². The smallest absolute Gasteiger partial charge is 0.283 e. The summed E-state index contributed by atoms with van der Waals surface area (Å²) >= 11 is 0.